The Morgan fingerprint density at radius 1 is 1.41 bits per heavy atom. The van der Waals surface area contributed by atoms with Gasteiger partial charge in [-0.15, -0.1) is 0 Å². The number of fused-ring (bicyclic) bond motifs is 1. The van der Waals surface area contributed by atoms with E-state index in [0.717, 1.165) is 17.9 Å². The molecular formula is C13H17N3O. The maximum absolute atomic E-state index is 11.9. The molecule has 0 aliphatic carbocycles. The number of nitrogens with zero attached hydrogens (tertiary/aromatic N) is 2. The molecule has 1 N–H and O–H groups in total. The molecule has 2 rings (SSSR count). The van der Waals surface area contributed by atoms with E-state index in [9.17, 15) is 4.79 Å². The lowest BCUT2D eigenvalue weighted by Gasteiger charge is -2.22. The smallest absolute Gasteiger partial charge is 0.258 e. The van der Waals surface area contributed by atoms with E-state index >= 15 is 0 Å². The lowest BCUT2D eigenvalue weighted by atomic mass is 10.2. The number of H-pyrrole nitrogens is 1. The first-order valence-corrected chi connectivity index (χ1v) is 5.82. The van der Waals surface area contributed by atoms with E-state index in [4.69, 9.17) is 0 Å². The first-order valence-electron chi connectivity index (χ1n) is 5.82. The van der Waals surface area contributed by atoms with Crippen molar-refractivity contribution in [2.24, 2.45) is 0 Å². The van der Waals surface area contributed by atoms with Crippen LogP contribution in [0, 0.1) is 0 Å². The van der Waals surface area contributed by atoms with E-state index < -0.39 is 0 Å². The number of hydrogen-bond donors (Lipinski definition) is 1. The molecule has 1 unspecified atom stereocenters. The van der Waals surface area contributed by atoms with Gasteiger partial charge in [0.15, 0.2) is 0 Å². The van der Waals surface area contributed by atoms with E-state index in [1.54, 1.807) is 6.07 Å². The molecule has 0 saturated carbocycles. The average Bonchev–Trinajstić information content (AvgIpc) is 2.37. The molecule has 1 atom stereocenters. The molecule has 0 spiro atoms. The molecule has 17 heavy (non-hydrogen) atoms. The van der Waals surface area contributed by atoms with E-state index in [0.29, 0.717) is 5.39 Å². The van der Waals surface area contributed by atoms with Gasteiger partial charge in [0.25, 0.3) is 5.56 Å². The van der Waals surface area contributed by atoms with Crippen molar-refractivity contribution in [2.75, 3.05) is 13.6 Å². The summed E-state index contributed by atoms with van der Waals surface area (Å²) in [4.78, 5) is 21.4. The van der Waals surface area contributed by atoms with Crippen LogP contribution < -0.4 is 5.56 Å². The third-order valence-electron chi connectivity index (χ3n) is 3.19. The first kappa shape index (κ1) is 11.8. The van der Waals surface area contributed by atoms with Crippen molar-refractivity contribution in [1.29, 1.82) is 0 Å². The van der Waals surface area contributed by atoms with Gasteiger partial charge in [0.05, 0.1) is 16.9 Å². The highest BCUT2D eigenvalue weighted by atomic mass is 16.1. The number of rotatable bonds is 3. The minimum atomic E-state index is -0.0676. The summed E-state index contributed by atoms with van der Waals surface area (Å²) in [5.74, 6) is 0.720. The maximum atomic E-state index is 11.9. The van der Waals surface area contributed by atoms with Crippen LogP contribution in [0.2, 0.25) is 0 Å². The summed E-state index contributed by atoms with van der Waals surface area (Å²) >= 11 is 0. The second-order valence-corrected chi connectivity index (χ2v) is 4.22. The molecule has 90 valence electrons. The van der Waals surface area contributed by atoms with Gasteiger partial charge in [-0.2, -0.15) is 0 Å². The highest BCUT2D eigenvalue weighted by Gasteiger charge is 2.13. The lowest BCUT2D eigenvalue weighted by molar-refractivity contribution is 0.266. The van der Waals surface area contributed by atoms with Gasteiger partial charge in [-0.05, 0) is 32.6 Å². The Morgan fingerprint density at radius 3 is 2.82 bits per heavy atom. The van der Waals surface area contributed by atoms with Crippen LogP contribution in [-0.2, 0) is 0 Å². The summed E-state index contributed by atoms with van der Waals surface area (Å²) in [5.41, 5.74) is 0.685. The van der Waals surface area contributed by atoms with Crippen molar-refractivity contribution in [3.05, 3.63) is 40.4 Å². The van der Waals surface area contributed by atoms with Crippen LogP contribution in [0.3, 0.4) is 0 Å². The van der Waals surface area contributed by atoms with Crippen molar-refractivity contribution < 1.29 is 0 Å². The molecular weight excluding hydrogens is 214 g/mol. The van der Waals surface area contributed by atoms with Gasteiger partial charge in [0.1, 0.15) is 5.82 Å². The Labute approximate surface area is 100 Å². The van der Waals surface area contributed by atoms with Gasteiger partial charge in [0.2, 0.25) is 0 Å². The largest absolute Gasteiger partial charge is 0.309 e. The molecule has 4 heteroatoms. The van der Waals surface area contributed by atoms with Gasteiger partial charge in [0, 0.05) is 0 Å². The Balaban J connectivity index is 2.54. The molecule has 0 fully saturated rings. The van der Waals surface area contributed by atoms with E-state index in [1.807, 2.05) is 32.2 Å². The summed E-state index contributed by atoms with van der Waals surface area (Å²) in [7, 11) is 2.01. The molecule has 0 aliphatic heterocycles. The van der Waals surface area contributed by atoms with Crippen LogP contribution in [0.25, 0.3) is 10.9 Å². The number of hydrogen-bond acceptors (Lipinski definition) is 3. The van der Waals surface area contributed by atoms with Crippen LogP contribution in [0.5, 0.6) is 0 Å². The van der Waals surface area contributed by atoms with Gasteiger partial charge in [-0.1, -0.05) is 19.1 Å². The van der Waals surface area contributed by atoms with Crippen LogP contribution in [-0.4, -0.2) is 28.5 Å². The summed E-state index contributed by atoms with van der Waals surface area (Å²) in [6, 6.07) is 7.51. The molecule has 1 aromatic heterocycles. The summed E-state index contributed by atoms with van der Waals surface area (Å²) in [5, 5.41) is 0.641. The molecule has 2 aromatic rings. The van der Waals surface area contributed by atoms with Crippen molar-refractivity contribution in [3.63, 3.8) is 0 Å². The zero-order valence-electron chi connectivity index (χ0n) is 10.4. The zero-order chi connectivity index (χ0) is 12.4. The van der Waals surface area contributed by atoms with Gasteiger partial charge in [-0.25, -0.2) is 4.98 Å². The summed E-state index contributed by atoms with van der Waals surface area (Å²) in [6.45, 7) is 5.03. The van der Waals surface area contributed by atoms with Gasteiger partial charge >= 0.3 is 0 Å². The molecule has 0 amide bonds. The van der Waals surface area contributed by atoms with Crippen LogP contribution in [0.1, 0.15) is 25.7 Å². The fourth-order valence-electron chi connectivity index (χ4n) is 1.78. The summed E-state index contributed by atoms with van der Waals surface area (Å²) < 4.78 is 0. The molecule has 1 heterocycles. The highest BCUT2D eigenvalue weighted by Crippen LogP contribution is 2.15. The predicted octanol–water partition coefficient (Wildman–Crippen LogP) is 1.94. The van der Waals surface area contributed by atoms with Crippen LogP contribution in [0.4, 0.5) is 0 Å². The second-order valence-electron chi connectivity index (χ2n) is 4.22. The Morgan fingerprint density at radius 2 is 2.12 bits per heavy atom. The monoisotopic (exact) mass is 231 g/mol. The maximum Gasteiger partial charge on any atom is 0.258 e. The molecule has 0 bridgehead atoms. The SMILES string of the molecule is CCN(C)C(C)c1nc2ccccc2c(=O)[nH]1. The number of para-hydroxylation sites is 1. The average molecular weight is 231 g/mol. The normalized spacial score (nSPS) is 13.2. The van der Waals surface area contributed by atoms with Gasteiger partial charge in [-0.3, -0.25) is 9.69 Å². The third-order valence-corrected chi connectivity index (χ3v) is 3.19. The van der Waals surface area contributed by atoms with Crippen LogP contribution in [0.15, 0.2) is 29.1 Å². The van der Waals surface area contributed by atoms with E-state index in [1.165, 1.54) is 0 Å². The van der Waals surface area contributed by atoms with E-state index in [-0.39, 0.29) is 11.6 Å². The second kappa shape index (κ2) is 4.67. The van der Waals surface area contributed by atoms with Crippen molar-refractivity contribution in [3.8, 4) is 0 Å². The van der Waals surface area contributed by atoms with Crippen molar-refractivity contribution in [1.82, 2.24) is 14.9 Å². The van der Waals surface area contributed by atoms with Crippen molar-refractivity contribution >= 4 is 10.9 Å². The minimum absolute atomic E-state index is 0.0676. The standard InChI is InChI=1S/C13H17N3O/c1-4-16(3)9(2)12-14-11-8-6-5-7-10(11)13(17)15-12/h5-9H,4H2,1-3H3,(H,14,15,17). The Kier molecular flexibility index (Phi) is 3.24. The summed E-state index contributed by atoms with van der Waals surface area (Å²) in [6.07, 6.45) is 0. The minimum Gasteiger partial charge on any atom is -0.309 e. The number of benzene rings is 1. The molecule has 4 nitrogen and oxygen atoms in total. The number of aromatic amines is 1. The first-order chi connectivity index (χ1) is 8.13. The molecule has 0 radical (unpaired) electrons. The molecule has 0 saturated heterocycles. The fourth-order valence-corrected chi connectivity index (χ4v) is 1.78. The van der Waals surface area contributed by atoms with Crippen molar-refractivity contribution in [2.45, 2.75) is 19.9 Å². The van der Waals surface area contributed by atoms with Crippen LogP contribution >= 0.6 is 0 Å². The Bertz CT molecular complexity index is 576. The Hall–Kier alpha value is -1.68. The third kappa shape index (κ3) is 2.22. The highest BCUT2D eigenvalue weighted by molar-refractivity contribution is 5.77. The fraction of sp³-hybridized carbons (Fsp3) is 0.385. The number of aromatic nitrogens is 2. The molecule has 0 aliphatic rings. The van der Waals surface area contributed by atoms with E-state index in [2.05, 4.69) is 21.8 Å². The molecule has 1 aromatic carbocycles. The lowest BCUT2D eigenvalue weighted by Crippen LogP contribution is -2.25. The topological polar surface area (TPSA) is 49.0 Å². The number of nitrogens with one attached hydrogen (secondary N) is 1. The predicted molar refractivity (Wildman–Crippen MR) is 69.1 cm³/mol. The zero-order valence-corrected chi connectivity index (χ0v) is 10.4. The quantitative estimate of drug-likeness (QED) is 0.878. The van der Waals surface area contributed by atoms with Gasteiger partial charge < -0.3 is 4.98 Å².